The molecule has 0 saturated carbocycles. The van der Waals surface area contributed by atoms with Crippen molar-refractivity contribution in [3.05, 3.63) is 29.8 Å². The van der Waals surface area contributed by atoms with E-state index in [4.69, 9.17) is 4.74 Å². The van der Waals surface area contributed by atoms with Gasteiger partial charge in [-0.15, -0.1) is 0 Å². The highest BCUT2D eigenvalue weighted by molar-refractivity contribution is 5.76. The third-order valence-electron chi connectivity index (χ3n) is 2.40. The number of benzene rings is 1. The lowest BCUT2D eigenvalue weighted by Gasteiger charge is -2.10. The van der Waals surface area contributed by atoms with Crippen LogP contribution in [0.1, 0.15) is 25.8 Å². The highest BCUT2D eigenvalue weighted by Crippen LogP contribution is 2.10. The highest BCUT2D eigenvalue weighted by atomic mass is 16.5. The van der Waals surface area contributed by atoms with Gasteiger partial charge in [-0.05, 0) is 31.5 Å². The molecule has 4 nitrogen and oxygen atoms in total. The minimum absolute atomic E-state index is 0.0773. The second kappa shape index (κ2) is 7.71. The number of hydrogen-bond acceptors (Lipinski definition) is 3. The summed E-state index contributed by atoms with van der Waals surface area (Å²) in [6.07, 6.45) is 0.484. The predicted octanol–water partition coefficient (Wildman–Crippen LogP) is 2.16. The van der Waals surface area contributed by atoms with Gasteiger partial charge >= 0.3 is 0 Å². The molecule has 1 rings (SSSR count). The van der Waals surface area contributed by atoms with Crippen LogP contribution in [-0.2, 0) is 16.1 Å². The van der Waals surface area contributed by atoms with Gasteiger partial charge in [0.05, 0.1) is 6.61 Å². The van der Waals surface area contributed by atoms with Crippen LogP contribution in [0.5, 0.6) is 0 Å². The fraction of sp³-hybridized carbons (Fsp3) is 0.500. The summed E-state index contributed by atoms with van der Waals surface area (Å²) in [6, 6.07) is 8.22. The van der Waals surface area contributed by atoms with E-state index >= 15 is 0 Å². The van der Waals surface area contributed by atoms with Crippen molar-refractivity contribution in [3.8, 4) is 0 Å². The molecule has 0 bridgehead atoms. The molecule has 0 saturated heterocycles. The third-order valence-corrected chi connectivity index (χ3v) is 2.40. The summed E-state index contributed by atoms with van der Waals surface area (Å²) in [6.45, 7) is 5.18. The first-order valence-electron chi connectivity index (χ1n) is 6.23. The summed E-state index contributed by atoms with van der Waals surface area (Å²) >= 11 is 0. The summed E-state index contributed by atoms with van der Waals surface area (Å²) in [5, 5.41) is 6.08. The largest absolute Gasteiger partial charge is 0.385 e. The summed E-state index contributed by atoms with van der Waals surface area (Å²) in [7, 11) is 1.68. The van der Waals surface area contributed by atoms with Crippen LogP contribution in [-0.4, -0.2) is 25.6 Å². The fourth-order valence-electron chi connectivity index (χ4n) is 1.60. The monoisotopic (exact) mass is 250 g/mol. The Labute approximate surface area is 109 Å². The Morgan fingerprint density at radius 2 is 1.94 bits per heavy atom. The van der Waals surface area contributed by atoms with E-state index in [1.165, 1.54) is 0 Å². The van der Waals surface area contributed by atoms with Gasteiger partial charge in [0.15, 0.2) is 0 Å². The van der Waals surface area contributed by atoms with Crippen LogP contribution in [0.4, 0.5) is 5.69 Å². The van der Waals surface area contributed by atoms with Gasteiger partial charge in [0.25, 0.3) is 0 Å². The molecule has 1 aromatic carbocycles. The molecular formula is C14H22N2O2. The first-order valence-corrected chi connectivity index (χ1v) is 6.23. The van der Waals surface area contributed by atoms with E-state index in [2.05, 4.69) is 10.6 Å². The van der Waals surface area contributed by atoms with Gasteiger partial charge in [-0.1, -0.05) is 12.1 Å². The van der Waals surface area contributed by atoms with Crippen LogP contribution in [0.2, 0.25) is 0 Å². The van der Waals surface area contributed by atoms with Crippen molar-refractivity contribution < 1.29 is 9.53 Å². The number of amides is 1. The van der Waals surface area contributed by atoms with Crippen LogP contribution in [0, 0.1) is 0 Å². The third kappa shape index (κ3) is 5.68. The minimum atomic E-state index is 0.0773. The van der Waals surface area contributed by atoms with Gasteiger partial charge in [-0.3, -0.25) is 4.79 Å². The normalized spacial score (nSPS) is 10.4. The first-order chi connectivity index (χ1) is 8.61. The van der Waals surface area contributed by atoms with Crippen molar-refractivity contribution >= 4 is 11.6 Å². The fourth-order valence-corrected chi connectivity index (χ4v) is 1.60. The molecule has 100 valence electrons. The van der Waals surface area contributed by atoms with E-state index in [-0.39, 0.29) is 11.9 Å². The van der Waals surface area contributed by atoms with Crippen LogP contribution < -0.4 is 10.6 Å². The zero-order chi connectivity index (χ0) is 13.4. The zero-order valence-corrected chi connectivity index (χ0v) is 11.3. The summed E-state index contributed by atoms with van der Waals surface area (Å²) in [5.41, 5.74) is 2.16. The minimum Gasteiger partial charge on any atom is -0.385 e. The Kier molecular flexibility index (Phi) is 6.22. The van der Waals surface area contributed by atoms with E-state index in [9.17, 15) is 4.79 Å². The van der Waals surface area contributed by atoms with Gasteiger partial charge in [-0.2, -0.15) is 0 Å². The summed E-state index contributed by atoms with van der Waals surface area (Å²) < 4.78 is 5.04. The number of carbonyl (C=O) groups is 1. The van der Waals surface area contributed by atoms with E-state index in [1.54, 1.807) is 7.11 Å². The molecule has 0 heterocycles. The van der Waals surface area contributed by atoms with Crippen molar-refractivity contribution in [1.82, 2.24) is 5.32 Å². The molecule has 0 aliphatic carbocycles. The van der Waals surface area contributed by atoms with Crippen LogP contribution in [0.3, 0.4) is 0 Å². The standard InChI is InChI=1S/C14H22N2O2/c1-11(2)16-14(17)8-9-15-13-6-4-12(5-7-13)10-18-3/h4-7,11,15H,8-10H2,1-3H3,(H,16,17). The SMILES string of the molecule is COCc1ccc(NCCC(=O)NC(C)C)cc1. The van der Waals surface area contributed by atoms with Crippen LogP contribution >= 0.6 is 0 Å². The van der Waals surface area contributed by atoms with Crippen LogP contribution in [0.15, 0.2) is 24.3 Å². The molecule has 4 heteroatoms. The van der Waals surface area contributed by atoms with E-state index in [0.717, 1.165) is 11.3 Å². The number of ether oxygens (including phenoxy) is 1. The maximum Gasteiger partial charge on any atom is 0.221 e. The van der Waals surface area contributed by atoms with Crippen molar-refractivity contribution in [3.63, 3.8) is 0 Å². The number of anilines is 1. The number of rotatable bonds is 7. The maximum atomic E-state index is 11.4. The highest BCUT2D eigenvalue weighted by Gasteiger charge is 2.02. The second-order valence-electron chi connectivity index (χ2n) is 4.53. The number of nitrogens with one attached hydrogen (secondary N) is 2. The van der Waals surface area contributed by atoms with Gasteiger partial charge in [-0.25, -0.2) is 0 Å². The van der Waals surface area contributed by atoms with Crippen molar-refractivity contribution in [1.29, 1.82) is 0 Å². The molecule has 0 atom stereocenters. The Morgan fingerprint density at radius 1 is 1.28 bits per heavy atom. The predicted molar refractivity (Wildman–Crippen MR) is 73.5 cm³/mol. The molecule has 0 aromatic heterocycles. The molecule has 1 amide bonds. The lowest BCUT2D eigenvalue weighted by molar-refractivity contribution is -0.121. The van der Waals surface area contributed by atoms with Gasteiger partial charge < -0.3 is 15.4 Å². The lowest BCUT2D eigenvalue weighted by Crippen LogP contribution is -2.31. The Balaban J connectivity index is 2.28. The zero-order valence-electron chi connectivity index (χ0n) is 11.3. The Morgan fingerprint density at radius 3 is 2.50 bits per heavy atom. The van der Waals surface area contributed by atoms with Crippen molar-refractivity contribution in [2.75, 3.05) is 19.0 Å². The average Bonchev–Trinajstić information content (AvgIpc) is 2.31. The molecule has 0 radical (unpaired) electrons. The Bertz CT molecular complexity index is 361. The second-order valence-corrected chi connectivity index (χ2v) is 4.53. The smallest absolute Gasteiger partial charge is 0.221 e. The topological polar surface area (TPSA) is 50.4 Å². The van der Waals surface area contributed by atoms with E-state index in [0.29, 0.717) is 19.6 Å². The molecule has 0 unspecified atom stereocenters. The lowest BCUT2D eigenvalue weighted by atomic mass is 10.2. The van der Waals surface area contributed by atoms with Gasteiger partial charge in [0.1, 0.15) is 0 Å². The molecular weight excluding hydrogens is 228 g/mol. The molecule has 0 aliphatic rings. The summed E-state index contributed by atoms with van der Waals surface area (Å²) in [4.78, 5) is 11.4. The van der Waals surface area contributed by atoms with Gasteiger partial charge in [0, 0.05) is 31.8 Å². The maximum absolute atomic E-state index is 11.4. The molecule has 0 fully saturated rings. The molecule has 1 aromatic rings. The molecule has 0 spiro atoms. The van der Waals surface area contributed by atoms with E-state index < -0.39 is 0 Å². The quantitative estimate of drug-likeness (QED) is 0.779. The van der Waals surface area contributed by atoms with E-state index in [1.807, 2.05) is 38.1 Å². The molecule has 18 heavy (non-hydrogen) atoms. The van der Waals surface area contributed by atoms with Gasteiger partial charge in [0.2, 0.25) is 5.91 Å². The van der Waals surface area contributed by atoms with Crippen LogP contribution in [0.25, 0.3) is 0 Å². The number of hydrogen-bond donors (Lipinski definition) is 2. The number of methoxy groups -OCH3 is 1. The average molecular weight is 250 g/mol. The number of carbonyl (C=O) groups excluding carboxylic acids is 1. The first kappa shape index (κ1) is 14.5. The summed E-state index contributed by atoms with van der Waals surface area (Å²) in [5.74, 6) is 0.0773. The van der Waals surface area contributed by atoms with Crippen molar-refractivity contribution in [2.24, 2.45) is 0 Å². The van der Waals surface area contributed by atoms with Crippen molar-refractivity contribution in [2.45, 2.75) is 32.9 Å². The molecule has 0 aliphatic heterocycles. The Hall–Kier alpha value is -1.55. The molecule has 2 N–H and O–H groups in total.